The Morgan fingerprint density at radius 2 is 2.10 bits per heavy atom. The predicted molar refractivity (Wildman–Crippen MR) is 63.4 cm³/mol. The van der Waals surface area contributed by atoms with Gasteiger partial charge in [-0.25, -0.2) is 4.79 Å². The summed E-state index contributed by atoms with van der Waals surface area (Å²) >= 11 is 5.59. The molecule has 0 N–H and O–H groups in total. The van der Waals surface area contributed by atoms with E-state index < -0.39 is 23.6 Å². The van der Waals surface area contributed by atoms with Gasteiger partial charge in [-0.1, -0.05) is 0 Å². The van der Waals surface area contributed by atoms with Crippen molar-refractivity contribution in [3.63, 3.8) is 0 Å². The van der Waals surface area contributed by atoms with Gasteiger partial charge in [-0.2, -0.15) is 5.26 Å². The van der Waals surface area contributed by atoms with Crippen molar-refractivity contribution in [2.45, 2.75) is 19.2 Å². The van der Waals surface area contributed by atoms with Crippen molar-refractivity contribution < 1.29 is 27.4 Å². The molecule has 0 aliphatic rings. The number of alkyl halides is 4. The number of nitriles is 1. The summed E-state index contributed by atoms with van der Waals surface area (Å²) in [6.45, 7) is 1.48. The van der Waals surface area contributed by atoms with Crippen LogP contribution in [0.1, 0.15) is 28.4 Å². The Bertz CT molecular complexity index is 552. The second-order valence-corrected chi connectivity index (χ2v) is 3.79. The van der Waals surface area contributed by atoms with E-state index in [0.717, 1.165) is 6.07 Å². The molecule has 0 aliphatic carbocycles. The zero-order chi connectivity index (χ0) is 15.3. The van der Waals surface area contributed by atoms with Crippen LogP contribution in [-0.2, 0) is 10.6 Å². The number of carbonyl (C=O) groups is 1. The molecule has 0 fully saturated rings. The molecule has 1 aromatic rings. The molecule has 0 atom stereocenters. The number of hydrogen-bond acceptors (Lipinski definition) is 4. The van der Waals surface area contributed by atoms with Gasteiger partial charge in [0.05, 0.1) is 18.2 Å². The van der Waals surface area contributed by atoms with E-state index in [-0.39, 0.29) is 23.6 Å². The van der Waals surface area contributed by atoms with Crippen molar-refractivity contribution >= 4 is 17.6 Å². The Labute approximate surface area is 117 Å². The summed E-state index contributed by atoms with van der Waals surface area (Å²) in [6, 6.07) is 3.69. The number of nitrogens with zero attached hydrogens (tertiary/aromatic N) is 1. The molecule has 0 aliphatic heterocycles. The standard InChI is InChI=1S/C12H9ClF3NO3/c1-2-19-11(18)10-8(5-13)3-7(6-17)4-9(10)20-12(14,15)16/h3-4H,2,5H2,1H3. The fourth-order valence-electron chi connectivity index (χ4n) is 1.48. The largest absolute Gasteiger partial charge is 0.573 e. The Kier molecular flexibility index (Phi) is 5.22. The molecule has 0 unspecified atom stereocenters. The molecule has 0 saturated heterocycles. The van der Waals surface area contributed by atoms with E-state index in [1.807, 2.05) is 0 Å². The number of benzene rings is 1. The zero-order valence-electron chi connectivity index (χ0n) is 10.3. The molecular weight excluding hydrogens is 299 g/mol. The van der Waals surface area contributed by atoms with Crippen LogP contribution in [0.3, 0.4) is 0 Å². The van der Waals surface area contributed by atoms with Gasteiger partial charge < -0.3 is 9.47 Å². The highest BCUT2D eigenvalue weighted by atomic mass is 35.5. The molecule has 0 bridgehead atoms. The number of ether oxygens (including phenoxy) is 2. The first-order chi connectivity index (χ1) is 9.32. The number of rotatable bonds is 4. The summed E-state index contributed by atoms with van der Waals surface area (Å²) in [5.74, 6) is -2.06. The lowest BCUT2D eigenvalue weighted by atomic mass is 10.0. The van der Waals surface area contributed by atoms with Crippen molar-refractivity contribution in [1.29, 1.82) is 5.26 Å². The van der Waals surface area contributed by atoms with Crippen molar-refractivity contribution in [3.8, 4) is 11.8 Å². The quantitative estimate of drug-likeness (QED) is 0.632. The highest BCUT2D eigenvalue weighted by molar-refractivity contribution is 6.17. The van der Waals surface area contributed by atoms with E-state index in [9.17, 15) is 18.0 Å². The second kappa shape index (κ2) is 6.48. The molecule has 4 nitrogen and oxygen atoms in total. The molecule has 0 spiro atoms. The number of halogens is 4. The van der Waals surface area contributed by atoms with E-state index in [0.29, 0.717) is 0 Å². The maximum atomic E-state index is 12.4. The molecule has 0 aromatic heterocycles. The zero-order valence-corrected chi connectivity index (χ0v) is 11.0. The van der Waals surface area contributed by atoms with Gasteiger partial charge in [0.2, 0.25) is 0 Å². The summed E-state index contributed by atoms with van der Waals surface area (Å²) in [5, 5.41) is 8.77. The van der Waals surface area contributed by atoms with Gasteiger partial charge in [0.25, 0.3) is 0 Å². The molecule has 1 aromatic carbocycles. The van der Waals surface area contributed by atoms with Gasteiger partial charge in [-0.3, -0.25) is 0 Å². The van der Waals surface area contributed by atoms with Crippen LogP contribution in [0, 0.1) is 11.3 Å². The van der Waals surface area contributed by atoms with Crippen LogP contribution in [0.2, 0.25) is 0 Å². The Balaban J connectivity index is 3.43. The summed E-state index contributed by atoms with van der Waals surface area (Å²) in [4.78, 5) is 11.7. The van der Waals surface area contributed by atoms with Crippen molar-refractivity contribution in [1.82, 2.24) is 0 Å². The maximum absolute atomic E-state index is 12.4. The van der Waals surface area contributed by atoms with Crippen LogP contribution in [0.15, 0.2) is 12.1 Å². The van der Waals surface area contributed by atoms with E-state index in [2.05, 4.69) is 9.47 Å². The molecule has 0 radical (unpaired) electrons. The average Bonchev–Trinajstić information content (AvgIpc) is 2.35. The minimum Gasteiger partial charge on any atom is -0.462 e. The van der Waals surface area contributed by atoms with Gasteiger partial charge >= 0.3 is 12.3 Å². The maximum Gasteiger partial charge on any atom is 0.573 e. The van der Waals surface area contributed by atoms with Crippen LogP contribution in [-0.4, -0.2) is 18.9 Å². The van der Waals surface area contributed by atoms with E-state index in [1.54, 1.807) is 6.07 Å². The Hall–Kier alpha value is -1.94. The lowest BCUT2D eigenvalue weighted by Crippen LogP contribution is -2.20. The lowest BCUT2D eigenvalue weighted by molar-refractivity contribution is -0.274. The van der Waals surface area contributed by atoms with Crippen LogP contribution in [0.5, 0.6) is 5.75 Å². The smallest absolute Gasteiger partial charge is 0.462 e. The average molecular weight is 308 g/mol. The molecule has 1 rings (SSSR count). The topological polar surface area (TPSA) is 59.3 Å². The fraction of sp³-hybridized carbons (Fsp3) is 0.333. The second-order valence-electron chi connectivity index (χ2n) is 3.52. The van der Waals surface area contributed by atoms with Crippen LogP contribution < -0.4 is 4.74 Å². The van der Waals surface area contributed by atoms with Crippen molar-refractivity contribution in [2.75, 3.05) is 6.61 Å². The van der Waals surface area contributed by atoms with Gasteiger partial charge in [0.15, 0.2) is 0 Å². The molecule has 0 heterocycles. The summed E-state index contributed by atoms with van der Waals surface area (Å²) < 4.78 is 45.5. The monoisotopic (exact) mass is 307 g/mol. The van der Waals surface area contributed by atoms with Gasteiger partial charge in [0.1, 0.15) is 11.3 Å². The van der Waals surface area contributed by atoms with Crippen molar-refractivity contribution in [3.05, 3.63) is 28.8 Å². The molecule has 8 heteroatoms. The first kappa shape index (κ1) is 16.1. The third kappa shape index (κ3) is 4.03. The summed E-state index contributed by atoms with van der Waals surface area (Å²) in [6.07, 6.45) is -5.00. The molecular formula is C12H9ClF3NO3. The number of esters is 1. The minimum atomic E-state index is -5.00. The molecule has 0 amide bonds. The van der Waals surface area contributed by atoms with Crippen LogP contribution in [0.4, 0.5) is 13.2 Å². The van der Waals surface area contributed by atoms with E-state index in [4.69, 9.17) is 16.9 Å². The van der Waals surface area contributed by atoms with Crippen LogP contribution in [0.25, 0.3) is 0 Å². The van der Waals surface area contributed by atoms with Gasteiger partial charge in [-0.15, -0.1) is 24.8 Å². The third-order valence-electron chi connectivity index (χ3n) is 2.16. The van der Waals surface area contributed by atoms with Gasteiger partial charge in [0, 0.05) is 5.88 Å². The lowest BCUT2D eigenvalue weighted by Gasteiger charge is -2.15. The molecule has 0 saturated carbocycles. The molecule has 108 valence electrons. The third-order valence-corrected chi connectivity index (χ3v) is 2.45. The van der Waals surface area contributed by atoms with E-state index in [1.165, 1.54) is 13.0 Å². The highest BCUT2D eigenvalue weighted by Crippen LogP contribution is 2.31. The highest BCUT2D eigenvalue weighted by Gasteiger charge is 2.34. The summed E-state index contributed by atoms with van der Waals surface area (Å²) in [5.41, 5.74) is -0.505. The number of hydrogen-bond donors (Lipinski definition) is 0. The Morgan fingerprint density at radius 3 is 2.55 bits per heavy atom. The fourth-order valence-corrected chi connectivity index (χ4v) is 1.69. The van der Waals surface area contributed by atoms with Crippen molar-refractivity contribution in [2.24, 2.45) is 0 Å². The minimum absolute atomic E-state index is 0.0218. The van der Waals surface area contributed by atoms with Gasteiger partial charge in [-0.05, 0) is 24.6 Å². The van der Waals surface area contributed by atoms with E-state index >= 15 is 0 Å². The predicted octanol–water partition coefficient (Wildman–Crippen LogP) is 3.37. The van der Waals surface area contributed by atoms with Crippen LogP contribution >= 0.6 is 11.6 Å². The number of carbonyl (C=O) groups excluding carboxylic acids is 1. The SMILES string of the molecule is CCOC(=O)c1c(CCl)cc(C#N)cc1OC(F)(F)F. The Morgan fingerprint density at radius 1 is 1.45 bits per heavy atom. The molecule has 20 heavy (non-hydrogen) atoms. The normalized spacial score (nSPS) is 10.8. The first-order valence-corrected chi connectivity index (χ1v) is 5.91. The first-order valence-electron chi connectivity index (χ1n) is 5.38. The summed E-state index contributed by atoms with van der Waals surface area (Å²) in [7, 11) is 0.